The van der Waals surface area contributed by atoms with Gasteiger partial charge in [0.2, 0.25) is 0 Å². The summed E-state index contributed by atoms with van der Waals surface area (Å²) in [7, 11) is 0. The van der Waals surface area contributed by atoms with Crippen LogP contribution in [0.3, 0.4) is 0 Å². The average molecular weight is 259 g/mol. The summed E-state index contributed by atoms with van der Waals surface area (Å²) < 4.78 is 5.65. The lowest BCUT2D eigenvalue weighted by Gasteiger charge is -2.06. The number of aromatic amines is 1. The maximum absolute atomic E-state index is 8.34. The third kappa shape index (κ3) is 4.46. The van der Waals surface area contributed by atoms with Crippen molar-refractivity contribution in [3.63, 3.8) is 0 Å². The Kier molecular flexibility index (Phi) is 4.98. The molecule has 0 aliphatic carbocycles. The molecule has 0 unspecified atom stereocenters. The predicted octanol–water partition coefficient (Wildman–Crippen LogP) is 2.42. The maximum Gasteiger partial charge on any atom is 0.119 e. The van der Waals surface area contributed by atoms with Crippen molar-refractivity contribution >= 4 is 6.21 Å². The van der Waals surface area contributed by atoms with Crippen LogP contribution in [0, 0.1) is 0 Å². The van der Waals surface area contributed by atoms with E-state index < -0.39 is 0 Å². The van der Waals surface area contributed by atoms with Crippen LogP contribution in [0.2, 0.25) is 0 Å². The van der Waals surface area contributed by atoms with Gasteiger partial charge >= 0.3 is 0 Å². The Morgan fingerprint density at radius 3 is 2.84 bits per heavy atom. The molecule has 0 spiro atoms. The summed E-state index contributed by atoms with van der Waals surface area (Å²) in [5.74, 6) is 0.856. The number of ether oxygens (including phenoxy) is 1. The molecule has 0 aliphatic rings. The number of aromatic nitrogens is 2. The van der Waals surface area contributed by atoms with Crippen molar-refractivity contribution in [3.05, 3.63) is 48.0 Å². The Balaban J connectivity index is 1.70. The van der Waals surface area contributed by atoms with Gasteiger partial charge in [-0.2, -0.15) is 0 Å². The summed E-state index contributed by atoms with van der Waals surface area (Å²) in [6.45, 7) is 0.677. The molecule has 1 heterocycles. The van der Waals surface area contributed by atoms with Crippen LogP contribution < -0.4 is 4.74 Å². The van der Waals surface area contributed by atoms with Gasteiger partial charge in [-0.3, -0.25) is 0 Å². The van der Waals surface area contributed by atoms with E-state index >= 15 is 0 Å². The number of H-pyrrole nitrogens is 1. The number of aryl methyl sites for hydroxylation is 1. The Morgan fingerprint density at radius 1 is 1.32 bits per heavy atom. The van der Waals surface area contributed by atoms with E-state index in [2.05, 4.69) is 15.1 Å². The smallest absolute Gasteiger partial charge is 0.119 e. The maximum atomic E-state index is 8.34. The minimum Gasteiger partial charge on any atom is -0.494 e. The van der Waals surface area contributed by atoms with Crippen LogP contribution in [-0.4, -0.2) is 28.0 Å². The quantitative estimate of drug-likeness (QED) is 0.347. The van der Waals surface area contributed by atoms with E-state index in [0.717, 1.165) is 29.8 Å². The summed E-state index contributed by atoms with van der Waals surface area (Å²) in [4.78, 5) is 7.03. The number of hydrogen-bond donors (Lipinski definition) is 2. The molecule has 2 rings (SSSR count). The van der Waals surface area contributed by atoms with Crippen molar-refractivity contribution in [3.8, 4) is 5.75 Å². The van der Waals surface area contributed by atoms with E-state index in [4.69, 9.17) is 9.94 Å². The normalized spacial score (nSPS) is 10.9. The fourth-order valence-electron chi connectivity index (χ4n) is 1.74. The van der Waals surface area contributed by atoms with Crippen molar-refractivity contribution in [1.29, 1.82) is 0 Å². The standard InChI is InChI=1S/C14H17N3O2/c18-17-8-7-12-3-5-14(6-4-12)19-9-1-2-13-10-15-11-16-13/h3-6,8,10-11,18H,1-2,7,9H2,(H,15,16). The van der Waals surface area contributed by atoms with E-state index in [0.29, 0.717) is 13.0 Å². The first-order chi connectivity index (χ1) is 9.38. The van der Waals surface area contributed by atoms with E-state index in [1.807, 2.05) is 30.5 Å². The molecule has 0 saturated carbocycles. The number of imidazole rings is 1. The predicted molar refractivity (Wildman–Crippen MR) is 72.8 cm³/mol. The van der Waals surface area contributed by atoms with Gasteiger partial charge in [0.25, 0.3) is 0 Å². The topological polar surface area (TPSA) is 70.5 Å². The van der Waals surface area contributed by atoms with Gasteiger partial charge in [-0.15, -0.1) is 5.16 Å². The van der Waals surface area contributed by atoms with Gasteiger partial charge in [0.1, 0.15) is 5.75 Å². The molecule has 1 aromatic carbocycles. The SMILES string of the molecule is ON=CCc1ccc(OCCCc2cnc[nH]2)cc1. The van der Waals surface area contributed by atoms with Gasteiger partial charge in [0, 0.05) is 24.5 Å². The second-order valence-electron chi connectivity index (χ2n) is 4.17. The highest BCUT2D eigenvalue weighted by Gasteiger charge is 1.97. The van der Waals surface area contributed by atoms with Crippen LogP contribution in [-0.2, 0) is 12.8 Å². The second kappa shape index (κ2) is 7.20. The average Bonchev–Trinajstić information content (AvgIpc) is 2.96. The Bertz CT molecular complexity index is 492. The van der Waals surface area contributed by atoms with Gasteiger partial charge in [0.05, 0.1) is 12.9 Å². The van der Waals surface area contributed by atoms with Crippen molar-refractivity contribution < 1.29 is 9.94 Å². The number of nitrogens with zero attached hydrogens (tertiary/aromatic N) is 2. The summed E-state index contributed by atoms with van der Waals surface area (Å²) in [6.07, 6.45) is 7.48. The molecule has 0 amide bonds. The van der Waals surface area contributed by atoms with Gasteiger partial charge in [-0.1, -0.05) is 12.1 Å². The lowest BCUT2D eigenvalue weighted by atomic mass is 10.1. The molecule has 2 N–H and O–H groups in total. The second-order valence-corrected chi connectivity index (χ2v) is 4.17. The molecule has 0 aliphatic heterocycles. The zero-order valence-corrected chi connectivity index (χ0v) is 10.6. The molecular formula is C14H17N3O2. The van der Waals surface area contributed by atoms with Crippen LogP contribution >= 0.6 is 0 Å². The van der Waals surface area contributed by atoms with Crippen molar-refractivity contribution in [2.75, 3.05) is 6.61 Å². The molecule has 0 saturated heterocycles. The third-order valence-electron chi connectivity index (χ3n) is 2.75. The molecule has 5 heteroatoms. The molecule has 0 bridgehead atoms. The first-order valence-corrected chi connectivity index (χ1v) is 6.23. The lowest BCUT2D eigenvalue weighted by Crippen LogP contribution is -1.99. The van der Waals surface area contributed by atoms with Gasteiger partial charge < -0.3 is 14.9 Å². The molecule has 100 valence electrons. The minimum absolute atomic E-state index is 0.622. The molecule has 2 aromatic rings. The third-order valence-corrected chi connectivity index (χ3v) is 2.75. The zero-order chi connectivity index (χ0) is 13.3. The number of nitrogens with one attached hydrogen (secondary N) is 1. The van der Waals surface area contributed by atoms with Crippen LogP contribution in [0.15, 0.2) is 41.9 Å². The highest BCUT2D eigenvalue weighted by atomic mass is 16.5. The largest absolute Gasteiger partial charge is 0.494 e. The Labute approximate surface area is 111 Å². The van der Waals surface area contributed by atoms with Crippen molar-refractivity contribution in [2.24, 2.45) is 5.16 Å². The van der Waals surface area contributed by atoms with Gasteiger partial charge in [0.15, 0.2) is 0 Å². The fourth-order valence-corrected chi connectivity index (χ4v) is 1.74. The first kappa shape index (κ1) is 13.1. The molecule has 1 aromatic heterocycles. The van der Waals surface area contributed by atoms with E-state index in [1.165, 1.54) is 6.21 Å². The molecular weight excluding hydrogens is 242 g/mol. The van der Waals surface area contributed by atoms with E-state index in [9.17, 15) is 0 Å². The van der Waals surface area contributed by atoms with Crippen LogP contribution in [0.1, 0.15) is 17.7 Å². The zero-order valence-electron chi connectivity index (χ0n) is 10.6. The van der Waals surface area contributed by atoms with Crippen molar-refractivity contribution in [1.82, 2.24) is 9.97 Å². The fraction of sp³-hybridized carbons (Fsp3) is 0.286. The lowest BCUT2D eigenvalue weighted by molar-refractivity contribution is 0.310. The monoisotopic (exact) mass is 259 g/mol. The molecule has 0 atom stereocenters. The minimum atomic E-state index is 0.622. The Morgan fingerprint density at radius 2 is 2.16 bits per heavy atom. The summed E-state index contributed by atoms with van der Waals surface area (Å²) in [6, 6.07) is 7.78. The van der Waals surface area contributed by atoms with Crippen LogP contribution in [0.5, 0.6) is 5.75 Å². The van der Waals surface area contributed by atoms with E-state index in [-0.39, 0.29) is 0 Å². The number of benzene rings is 1. The van der Waals surface area contributed by atoms with E-state index in [1.54, 1.807) is 6.33 Å². The summed E-state index contributed by atoms with van der Waals surface area (Å²) in [5.41, 5.74) is 2.21. The first-order valence-electron chi connectivity index (χ1n) is 6.23. The number of hydrogen-bond acceptors (Lipinski definition) is 4. The molecule has 0 fully saturated rings. The molecule has 0 radical (unpaired) electrons. The molecule has 19 heavy (non-hydrogen) atoms. The molecule has 5 nitrogen and oxygen atoms in total. The van der Waals surface area contributed by atoms with Crippen LogP contribution in [0.4, 0.5) is 0 Å². The van der Waals surface area contributed by atoms with Crippen molar-refractivity contribution in [2.45, 2.75) is 19.3 Å². The summed E-state index contributed by atoms with van der Waals surface area (Å²) in [5, 5.41) is 11.3. The summed E-state index contributed by atoms with van der Waals surface area (Å²) >= 11 is 0. The van der Waals surface area contributed by atoms with Gasteiger partial charge in [-0.25, -0.2) is 4.98 Å². The Hall–Kier alpha value is -2.30. The highest BCUT2D eigenvalue weighted by Crippen LogP contribution is 2.12. The number of rotatable bonds is 7. The number of oxime groups is 1. The van der Waals surface area contributed by atoms with Gasteiger partial charge in [-0.05, 0) is 30.5 Å². The highest BCUT2D eigenvalue weighted by molar-refractivity contribution is 5.60. The van der Waals surface area contributed by atoms with Crippen LogP contribution in [0.25, 0.3) is 0 Å².